The molecule has 0 radical (unpaired) electrons. The summed E-state index contributed by atoms with van der Waals surface area (Å²) in [5.41, 5.74) is 7.69. The highest BCUT2D eigenvalue weighted by Gasteiger charge is 2.03. The SMILES string of the molecule is CCCOc1ccc(Cn2nncc2CN)cc1. The molecule has 96 valence electrons. The molecule has 0 saturated heterocycles. The first-order chi connectivity index (χ1) is 8.83. The van der Waals surface area contributed by atoms with Crippen molar-refractivity contribution >= 4 is 0 Å². The summed E-state index contributed by atoms with van der Waals surface area (Å²) < 4.78 is 7.34. The van der Waals surface area contributed by atoms with E-state index in [1.54, 1.807) is 6.20 Å². The minimum Gasteiger partial charge on any atom is -0.494 e. The van der Waals surface area contributed by atoms with Crippen LogP contribution in [0.15, 0.2) is 30.5 Å². The van der Waals surface area contributed by atoms with E-state index in [0.29, 0.717) is 13.1 Å². The molecule has 0 aliphatic carbocycles. The van der Waals surface area contributed by atoms with E-state index >= 15 is 0 Å². The Balaban J connectivity index is 2.02. The molecule has 0 aliphatic heterocycles. The number of rotatable bonds is 6. The maximum atomic E-state index is 5.61. The molecule has 5 heteroatoms. The fourth-order valence-corrected chi connectivity index (χ4v) is 1.65. The Labute approximate surface area is 107 Å². The van der Waals surface area contributed by atoms with E-state index in [1.807, 2.05) is 28.9 Å². The maximum Gasteiger partial charge on any atom is 0.119 e. The van der Waals surface area contributed by atoms with Crippen LogP contribution in [0.1, 0.15) is 24.6 Å². The second-order valence-electron chi connectivity index (χ2n) is 4.08. The lowest BCUT2D eigenvalue weighted by atomic mass is 10.2. The van der Waals surface area contributed by atoms with Crippen molar-refractivity contribution < 1.29 is 4.74 Å². The molecule has 5 nitrogen and oxygen atoms in total. The summed E-state index contributed by atoms with van der Waals surface area (Å²) in [4.78, 5) is 0. The number of ether oxygens (including phenoxy) is 1. The lowest BCUT2D eigenvalue weighted by Crippen LogP contribution is -2.09. The van der Waals surface area contributed by atoms with Gasteiger partial charge in [-0.05, 0) is 24.1 Å². The molecule has 0 bridgehead atoms. The molecule has 1 heterocycles. The molecule has 0 aliphatic rings. The van der Waals surface area contributed by atoms with Gasteiger partial charge in [-0.2, -0.15) is 0 Å². The van der Waals surface area contributed by atoms with Crippen LogP contribution in [0.5, 0.6) is 5.75 Å². The number of hydrogen-bond acceptors (Lipinski definition) is 4. The molecule has 2 N–H and O–H groups in total. The molecule has 1 aromatic heterocycles. The molecule has 0 unspecified atom stereocenters. The summed E-state index contributed by atoms with van der Waals surface area (Å²) in [6.45, 7) is 3.97. The van der Waals surface area contributed by atoms with Gasteiger partial charge in [0.05, 0.1) is 25.0 Å². The van der Waals surface area contributed by atoms with Gasteiger partial charge in [0.25, 0.3) is 0 Å². The molecule has 0 saturated carbocycles. The van der Waals surface area contributed by atoms with Gasteiger partial charge in [-0.1, -0.05) is 24.3 Å². The predicted octanol–water partition coefficient (Wildman–Crippen LogP) is 1.57. The Morgan fingerprint density at radius 1 is 1.28 bits per heavy atom. The van der Waals surface area contributed by atoms with Gasteiger partial charge in [0, 0.05) is 6.54 Å². The zero-order valence-corrected chi connectivity index (χ0v) is 10.5. The van der Waals surface area contributed by atoms with E-state index in [9.17, 15) is 0 Å². The third-order valence-corrected chi connectivity index (χ3v) is 2.64. The van der Waals surface area contributed by atoms with Crippen LogP contribution < -0.4 is 10.5 Å². The Hall–Kier alpha value is -1.88. The number of benzene rings is 1. The van der Waals surface area contributed by atoms with Gasteiger partial charge in [-0.25, -0.2) is 4.68 Å². The van der Waals surface area contributed by atoms with Gasteiger partial charge in [0.1, 0.15) is 5.75 Å². The summed E-state index contributed by atoms with van der Waals surface area (Å²) in [5.74, 6) is 0.901. The number of hydrogen-bond donors (Lipinski definition) is 1. The topological polar surface area (TPSA) is 66.0 Å². The van der Waals surface area contributed by atoms with Crippen LogP contribution in [-0.2, 0) is 13.1 Å². The highest BCUT2D eigenvalue weighted by atomic mass is 16.5. The van der Waals surface area contributed by atoms with Crippen LogP contribution in [0, 0.1) is 0 Å². The van der Waals surface area contributed by atoms with Crippen molar-refractivity contribution in [3.63, 3.8) is 0 Å². The van der Waals surface area contributed by atoms with Crippen LogP contribution >= 0.6 is 0 Å². The molecule has 0 amide bonds. The first-order valence-electron chi connectivity index (χ1n) is 6.12. The van der Waals surface area contributed by atoms with Crippen LogP contribution in [0.4, 0.5) is 0 Å². The van der Waals surface area contributed by atoms with Gasteiger partial charge < -0.3 is 10.5 Å². The molecular weight excluding hydrogens is 228 g/mol. The van der Waals surface area contributed by atoms with Crippen LogP contribution in [-0.4, -0.2) is 21.6 Å². The van der Waals surface area contributed by atoms with Gasteiger partial charge in [-0.15, -0.1) is 5.10 Å². The second-order valence-corrected chi connectivity index (χ2v) is 4.08. The number of nitrogens with zero attached hydrogens (tertiary/aromatic N) is 3. The van der Waals surface area contributed by atoms with Crippen molar-refractivity contribution in [3.8, 4) is 5.75 Å². The van der Waals surface area contributed by atoms with E-state index in [4.69, 9.17) is 10.5 Å². The van der Waals surface area contributed by atoms with Crippen molar-refractivity contribution in [1.29, 1.82) is 0 Å². The van der Waals surface area contributed by atoms with Gasteiger partial charge in [-0.3, -0.25) is 0 Å². The van der Waals surface area contributed by atoms with Gasteiger partial charge in [0.15, 0.2) is 0 Å². The summed E-state index contributed by atoms with van der Waals surface area (Å²) in [6, 6.07) is 8.02. The third-order valence-electron chi connectivity index (χ3n) is 2.64. The lowest BCUT2D eigenvalue weighted by Gasteiger charge is -2.07. The van der Waals surface area contributed by atoms with E-state index in [1.165, 1.54) is 0 Å². The van der Waals surface area contributed by atoms with E-state index < -0.39 is 0 Å². The first-order valence-corrected chi connectivity index (χ1v) is 6.12. The third kappa shape index (κ3) is 3.07. The standard InChI is InChI=1S/C13H18N4O/c1-2-7-18-13-5-3-11(4-6-13)10-17-12(8-14)9-15-16-17/h3-6,9H,2,7-8,10,14H2,1H3. The van der Waals surface area contributed by atoms with Crippen LogP contribution in [0.25, 0.3) is 0 Å². The first kappa shape index (κ1) is 12.6. The largest absolute Gasteiger partial charge is 0.494 e. The zero-order valence-electron chi connectivity index (χ0n) is 10.5. The van der Waals surface area contributed by atoms with E-state index in [0.717, 1.165) is 30.0 Å². The van der Waals surface area contributed by atoms with Crippen molar-refractivity contribution in [3.05, 3.63) is 41.7 Å². The average molecular weight is 246 g/mol. The summed E-state index contributed by atoms with van der Waals surface area (Å²) >= 11 is 0. The highest BCUT2D eigenvalue weighted by molar-refractivity contribution is 5.27. The van der Waals surface area contributed by atoms with Gasteiger partial charge >= 0.3 is 0 Å². The molecule has 0 atom stereocenters. The fourth-order valence-electron chi connectivity index (χ4n) is 1.65. The van der Waals surface area contributed by atoms with Gasteiger partial charge in [0.2, 0.25) is 0 Å². The molecule has 2 rings (SSSR count). The van der Waals surface area contributed by atoms with Crippen LogP contribution in [0.2, 0.25) is 0 Å². The van der Waals surface area contributed by atoms with Crippen molar-refractivity contribution in [1.82, 2.24) is 15.0 Å². The molecule has 0 fully saturated rings. The number of nitrogens with two attached hydrogens (primary N) is 1. The summed E-state index contributed by atoms with van der Waals surface area (Å²) in [7, 11) is 0. The summed E-state index contributed by atoms with van der Waals surface area (Å²) in [6.07, 6.45) is 2.71. The van der Waals surface area contributed by atoms with Crippen molar-refractivity contribution in [2.75, 3.05) is 6.61 Å². The quantitative estimate of drug-likeness (QED) is 0.840. The molecule has 0 spiro atoms. The smallest absolute Gasteiger partial charge is 0.119 e. The maximum absolute atomic E-state index is 5.61. The minimum atomic E-state index is 0.449. The minimum absolute atomic E-state index is 0.449. The molecule has 2 aromatic rings. The Kier molecular flexibility index (Phi) is 4.30. The molecule has 18 heavy (non-hydrogen) atoms. The number of aromatic nitrogens is 3. The normalized spacial score (nSPS) is 10.6. The average Bonchev–Trinajstić information content (AvgIpc) is 2.85. The second kappa shape index (κ2) is 6.16. The molecular formula is C13H18N4O. The summed E-state index contributed by atoms with van der Waals surface area (Å²) in [5, 5.41) is 7.87. The monoisotopic (exact) mass is 246 g/mol. The predicted molar refractivity (Wildman–Crippen MR) is 69.2 cm³/mol. The van der Waals surface area contributed by atoms with Crippen molar-refractivity contribution in [2.45, 2.75) is 26.4 Å². The van der Waals surface area contributed by atoms with Crippen molar-refractivity contribution in [2.24, 2.45) is 5.73 Å². The molecule has 1 aromatic carbocycles. The fraction of sp³-hybridized carbons (Fsp3) is 0.385. The zero-order chi connectivity index (χ0) is 12.8. The van der Waals surface area contributed by atoms with Crippen LogP contribution in [0.3, 0.4) is 0 Å². The Bertz CT molecular complexity index is 478. The Morgan fingerprint density at radius 3 is 2.72 bits per heavy atom. The Morgan fingerprint density at radius 2 is 2.06 bits per heavy atom. The van der Waals surface area contributed by atoms with E-state index in [-0.39, 0.29) is 0 Å². The highest BCUT2D eigenvalue weighted by Crippen LogP contribution is 2.13. The van der Waals surface area contributed by atoms with E-state index in [2.05, 4.69) is 17.2 Å². The lowest BCUT2D eigenvalue weighted by molar-refractivity contribution is 0.317.